The molecule has 2 heterocycles. The lowest BCUT2D eigenvalue weighted by Gasteiger charge is -2.26. The first-order valence-electron chi connectivity index (χ1n) is 10.1. The highest BCUT2D eigenvalue weighted by molar-refractivity contribution is 7.99. The van der Waals surface area contributed by atoms with Crippen LogP contribution in [0.25, 0.3) is 11.4 Å². The Morgan fingerprint density at radius 1 is 1.23 bits per heavy atom. The second kappa shape index (κ2) is 9.86. The van der Waals surface area contributed by atoms with E-state index >= 15 is 0 Å². The van der Waals surface area contributed by atoms with E-state index in [1.165, 1.54) is 22.9 Å². The van der Waals surface area contributed by atoms with Crippen molar-refractivity contribution in [1.82, 2.24) is 25.1 Å². The Kier molecular flexibility index (Phi) is 6.76. The van der Waals surface area contributed by atoms with Crippen LogP contribution >= 0.6 is 11.8 Å². The standard InChI is InChI=1S/C22H25N5O2S/c1-29-14-13-27-21(17-9-11-23-12-10-17)25-26-22(27)30-15-20(28)24-19-8-4-6-16-5-2-3-7-18(16)19/h2-3,5,7,9-12,19H,4,6,8,13-15H2,1H3,(H,24,28). The Balaban J connectivity index is 1.43. The van der Waals surface area contributed by atoms with Gasteiger partial charge >= 0.3 is 0 Å². The van der Waals surface area contributed by atoms with Crippen LogP contribution < -0.4 is 5.32 Å². The number of benzene rings is 1. The zero-order chi connectivity index (χ0) is 20.8. The average Bonchev–Trinajstić information content (AvgIpc) is 3.20. The van der Waals surface area contributed by atoms with Gasteiger partial charge in [-0.3, -0.25) is 14.3 Å². The molecule has 0 bridgehead atoms. The summed E-state index contributed by atoms with van der Waals surface area (Å²) in [6.45, 7) is 1.15. The Morgan fingerprint density at radius 2 is 2.07 bits per heavy atom. The van der Waals surface area contributed by atoms with Gasteiger partial charge in [0.05, 0.1) is 24.9 Å². The molecule has 8 heteroatoms. The SMILES string of the molecule is COCCn1c(SCC(=O)NC2CCCc3ccccc32)nnc1-c1ccncc1. The number of pyridine rings is 1. The molecule has 1 aromatic carbocycles. The smallest absolute Gasteiger partial charge is 0.230 e. The Bertz CT molecular complexity index is 992. The van der Waals surface area contributed by atoms with Crippen LogP contribution in [-0.2, 0) is 22.5 Å². The van der Waals surface area contributed by atoms with E-state index in [1.807, 2.05) is 22.8 Å². The van der Waals surface area contributed by atoms with Crippen LogP contribution in [0, 0.1) is 0 Å². The van der Waals surface area contributed by atoms with Gasteiger partial charge in [-0.1, -0.05) is 36.0 Å². The maximum absolute atomic E-state index is 12.7. The molecule has 0 fully saturated rings. The number of nitrogens with one attached hydrogen (secondary N) is 1. The van der Waals surface area contributed by atoms with E-state index in [2.05, 4.69) is 38.7 Å². The largest absolute Gasteiger partial charge is 0.383 e. The topological polar surface area (TPSA) is 81.9 Å². The van der Waals surface area contributed by atoms with Gasteiger partial charge in [0.15, 0.2) is 11.0 Å². The number of amides is 1. The number of hydrogen-bond donors (Lipinski definition) is 1. The van der Waals surface area contributed by atoms with Crippen LogP contribution in [0.1, 0.15) is 30.0 Å². The summed E-state index contributed by atoms with van der Waals surface area (Å²) in [5, 5.41) is 12.6. The fourth-order valence-electron chi connectivity index (χ4n) is 3.76. The number of carbonyl (C=O) groups excluding carboxylic acids is 1. The number of ether oxygens (including phenoxy) is 1. The summed E-state index contributed by atoms with van der Waals surface area (Å²) in [6, 6.07) is 12.3. The molecular formula is C22H25N5O2S. The number of methoxy groups -OCH3 is 1. The van der Waals surface area contributed by atoms with Gasteiger partial charge in [0.25, 0.3) is 0 Å². The van der Waals surface area contributed by atoms with Crippen LogP contribution in [0.5, 0.6) is 0 Å². The summed E-state index contributed by atoms with van der Waals surface area (Å²) in [5.74, 6) is 1.05. The second-order valence-corrected chi connectivity index (χ2v) is 8.13. The van der Waals surface area contributed by atoms with Crippen LogP contribution in [0.2, 0.25) is 0 Å². The summed E-state index contributed by atoms with van der Waals surface area (Å²) in [4.78, 5) is 16.7. The summed E-state index contributed by atoms with van der Waals surface area (Å²) >= 11 is 1.40. The Hall–Kier alpha value is -2.71. The predicted molar refractivity (Wildman–Crippen MR) is 116 cm³/mol. The van der Waals surface area contributed by atoms with Gasteiger partial charge in [-0.05, 0) is 42.5 Å². The fourth-order valence-corrected chi connectivity index (χ4v) is 4.54. The van der Waals surface area contributed by atoms with Crippen molar-refractivity contribution >= 4 is 17.7 Å². The lowest BCUT2D eigenvalue weighted by Crippen LogP contribution is -2.32. The molecule has 156 valence electrons. The van der Waals surface area contributed by atoms with Crippen molar-refractivity contribution in [2.24, 2.45) is 0 Å². The monoisotopic (exact) mass is 423 g/mol. The van der Waals surface area contributed by atoms with Gasteiger partial charge in [-0.15, -0.1) is 10.2 Å². The Labute approximate surface area is 180 Å². The minimum Gasteiger partial charge on any atom is -0.383 e. The van der Waals surface area contributed by atoms with Gasteiger partial charge < -0.3 is 10.1 Å². The number of hydrogen-bond acceptors (Lipinski definition) is 6. The molecular weight excluding hydrogens is 398 g/mol. The number of aromatic nitrogens is 4. The molecule has 2 aromatic heterocycles. The van der Waals surface area contributed by atoms with Gasteiger partial charge in [-0.25, -0.2) is 0 Å². The molecule has 1 atom stereocenters. The number of thioether (sulfide) groups is 1. The summed E-state index contributed by atoms with van der Waals surface area (Å²) in [7, 11) is 1.67. The number of nitrogens with zero attached hydrogens (tertiary/aromatic N) is 4. The van der Waals surface area contributed by atoms with Crippen molar-refractivity contribution in [2.75, 3.05) is 19.5 Å². The maximum atomic E-state index is 12.7. The molecule has 1 amide bonds. The molecule has 1 N–H and O–H groups in total. The highest BCUT2D eigenvalue weighted by Crippen LogP contribution is 2.30. The van der Waals surface area contributed by atoms with E-state index in [0.29, 0.717) is 24.1 Å². The van der Waals surface area contributed by atoms with Gasteiger partial charge in [0, 0.05) is 25.1 Å². The molecule has 4 rings (SSSR count). The average molecular weight is 424 g/mol. The number of carbonyl (C=O) groups is 1. The molecule has 1 aliphatic carbocycles. The number of fused-ring (bicyclic) bond motifs is 1. The molecule has 30 heavy (non-hydrogen) atoms. The maximum Gasteiger partial charge on any atom is 0.230 e. The van der Waals surface area contributed by atoms with E-state index in [9.17, 15) is 4.79 Å². The van der Waals surface area contributed by atoms with Crippen molar-refractivity contribution in [3.8, 4) is 11.4 Å². The first kappa shape index (κ1) is 20.6. The lowest BCUT2D eigenvalue weighted by atomic mass is 9.88. The summed E-state index contributed by atoms with van der Waals surface area (Å²) < 4.78 is 7.24. The van der Waals surface area contributed by atoms with Crippen molar-refractivity contribution in [3.63, 3.8) is 0 Å². The molecule has 0 saturated heterocycles. The molecule has 3 aromatic rings. The van der Waals surface area contributed by atoms with Crippen molar-refractivity contribution < 1.29 is 9.53 Å². The lowest BCUT2D eigenvalue weighted by molar-refractivity contribution is -0.119. The van der Waals surface area contributed by atoms with Gasteiger partial charge in [0.1, 0.15) is 0 Å². The van der Waals surface area contributed by atoms with Crippen molar-refractivity contribution in [2.45, 2.75) is 37.0 Å². The molecule has 1 unspecified atom stereocenters. The Morgan fingerprint density at radius 3 is 2.90 bits per heavy atom. The quantitative estimate of drug-likeness (QED) is 0.560. The molecule has 0 spiro atoms. The van der Waals surface area contributed by atoms with Gasteiger partial charge in [-0.2, -0.15) is 0 Å². The van der Waals surface area contributed by atoms with Crippen LogP contribution in [0.4, 0.5) is 0 Å². The molecule has 7 nitrogen and oxygen atoms in total. The van der Waals surface area contributed by atoms with E-state index in [1.54, 1.807) is 19.5 Å². The normalized spacial score (nSPS) is 15.6. The molecule has 0 radical (unpaired) electrons. The third kappa shape index (κ3) is 4.71. The number of aryl methyl sites for hydroxylation is 1. The zero-order valence-electron chi connectivity index (χ0n) is 17.0. The third-order valence-electron chi connectivity index (χ3n) is 5.21. The fraction of sp³-hybridized carbons (Fsp3) is 0.364. The third-order valence-corrected chi connectivity index (χ3v) is 6.18. The van der Waals surface area contributed by atoms with Gasteiger partial charge in [0.2, 0.25) is 5.91 Å². The molecule has 1 aliphatic rings. The van der Waals surface area contributed by atoms with Crippen molar-refractivity contribution in [1.29, 1.82) is 0 Å². The minimum atomic E-state index is 0.00783. The van der Waals surface area contributed by atoms with E-state index in [4.69, 9.17) is 4.74 Å². The van der Waals surface area contributed by atoms with E-state index in [-0.39, 0.29) is 11.9 Å². The summed E-state index contributed by atoms with van der Waals surface area (Å²) in [5.41, 5.74) is 3.51. The van der Waals surface area contributed by atoms with E-state index in [0.717, 1.165) is 30.7 Å². The first-order chi connectivity index (χ1) is 14.8. The van der Waals surface area contributed by atoms with Crippen LogP contribution in [-0.4, -0.2) is 45.1 Å². The molecule has 0 aliphatic heterocycles. The first-order valence-corrected chi connectivity index (χ1v) is 11.1. The minimum absolute atomic E-state index is 0.00783. The van der Waals surface area contributed by atoms with Crippen LogP contribution in [0.15, 0.2) is 53.9 Å². The molecule has 0 saturated carbocycles. The highest BCUT2D eigenvalue weighted by atomic mass is 32.2. The predicted octanol–water partition coefficient (Wildman–Crippen LogP) is 3.27. The van der Waals surface area contributed by atoms with Crippen LogP contribution in [0.3, 0.4) is 0 Å². The van der Waals surface area contributed by atoms with Crippen molar-refractivity contribution in [3.05, 3.63) is 59.9 Å². The number of rotatable bonds is 8. The zero-order valence-corrected chi connectivity index (χ0v) is 17.8. The second-order valence-electron chi connectivity index (χ2n) is 7.19. The highest BCUT2D eigenvalue weighted by Gasteiger charge is 2.22. The summed E-state index contributed by atoms with van der Waals surface area (Å²) in [6.07, 6.45) is 6.61. The van der Waals surface area contributed by atoms with E-state index < -0.39 is 0 Å².